The quantitative estimate of drug-likeness (QED) is 0.214. The van der Waals surface area contributed by atoms with Crippen molar-refractivity contribution < 1.29 is 18.0 Å². The largest absolute Gasteiger partial charge is 0.360 e. The van der Waals surface area contributed by atoms with E-state index in [0.717, 1.165) is 16.3 Å². The lowest BCUT2D eigenvalue weighted by molar-refractivity contribution is -0.118. The number of anilines is 1. The number of nitrogens with one attached hydrogen (secondary N) is 4. The van der Waals surface area contributed by atoms with Crippen LogP contribution in [0.15, 0.2) is 67.0 Å². The van der Waals surface area contributed by atoms with Crippen molar-refractivity contribution in [1.29, 1.82) is 0 Å². The molecule has 0 bridgehead atoms. The Kier molecular flexibility index (Phi) is 7.39. The number of hydrogen-bond donors (Lipinski definition) is 5. The van der Waals surface area contributed by atoms with E-state index in [1.54, 1.807) is 18.5 Å². The highest BCUT2D eigenvalue weighted by Crippen LogP contribution is 2.22. The van der Waals surface area contributed by atoms with Crippen LogP contribution in [0.5, 0.6) is 0 Å². The van der Waals surface area contributed by atoms with Gasteiger partial charge in [-0.3, -0.25) is 14.6 Å². The summed E-state index contributed by atoms with van der Waals surface area (Å²) in [4.78, 5) is 33.8. The Bertz CT molecular complexity index is 1460. The molecule has 1 unspecified atom stereocenters. The highest BCUT2D eigenvalue weighted by Gasteiger charge is 2.23. The Morgan fingerprint density at radius 1 is 1.03 bits per heavy atom. The monoisotopic (exact) mass is 494 g/mol. The van der Waals surface area contributed by atoms with Gasteiger partial charge in [-0.2, -0.15) is 8.42 Å². The van der Waals surface area contributed by atoms with Crippen LogP contribution in [-0.2, 0) is 15.0 Å². The molecule has 0 saturated carbocycles. The molecule has 11 heteroatoms. The molecular formula is C24H26N6O4S. The molecule has 0 aliphatic carbocycles. The molecule has 182 valence electrons. The highest BCUT2D eigenvalue weighted by molar-refractivity contribution is 7.87. The van der Waals surface area contributed by atoms with Gasteiger partial charge in [0.05, 0.1) is 16.8 Å². The third-order valence-corrected chi connectivity index (χ3v) is 6.18. The number of benzene rings is 2. The fourth-order valence-corrected chi connectivity index (χ4v) is 4.31. The Morgan fingerprint density at radius 2 is 1.83 bits per heavy atom. The summed E-state index contributed by atoms with van der Waals surface area (Å²) in [5.74, 6) is -0.781. The summed E-state index contributed by atoms with van der Waals surface area (Å²) in [7, 11) is -3.78. The third-order valence-electron chi connectivity index (χ3n) is 5.57. The molecule has 0 aliphatic rings. The van der Waals surface area contributed by atoms with Gasteiger partial charge in [-0.25, -0.2) is 9.86 Å². The van der Waals surface area contributed by atoms with Crippen LogP contribution in [0.25, 0.3) is 21.8 Å². The van der Waals surface area contributed by atoms with Crippen LogP contribution >= 0.6 is 0 Å². The molecule has 0 radical (unpaired) electrons. The van der Waals surface area contributed by atoms with Gasteiger partial charge in [0.2, 0.25) is 5.91 Å². The lowest BCUT2D eigenvalue weighted by Gasteiger charge is -2.19. The van der Waals surface area contributed by atoms with E-state index in [-0.39, 0.29) is 12.5 Å². The van der Waals surface area contributed by atoms with E-state index >= 15 is 0 Å². The number of nitrogens with zero attached hydrogens (tertiary/aromatic N) is 1. The van der Waals surface area contributed by atoms with Crippen LogP contribution in [0.1, 0.15) is 29.6 Å². The van der Waals surface area contributed by atoms with Crippen molar-refractivity contribution in [3.63, 3.8) is 0 Å². The first-order valence-corrected chi connectivity index (χ1v) is 12.7. The van der Waals surface area contributed by atoms with Gasteiger partial charge in [0.25, 0.3) is 16.1 Å². The summed E-state index contributed by atoms with van der Waals surface area (Å²) < 4.78 is 24.4. The van der Waals surface area contributed by atoms with E-state index in [0.29, 0.717) is 36.0 Å². The first-order valence-electron chi connectivity index (χ1n) is 11.1. The van der Waals surface area contributed by atoms with Gasteiger partial charge in [0.15, 0.2) is 0 Å². The summed E-state index contributed by atoms with van der Waals surface area (Å²) in [6.07, 6.45) is 4.47. The Balaban J connectivity index is 1.50. The molecule has 4 rings (SSSR count). The number of H-pyrrole nitrogens is 1. The van der Waals surface area contributed by atoms with Crippen molar-refractivity contribution in [3.8, 4) is 0 Å². The molecule has 0 saturated heterocycles. The number of carbonyl (C=O) groups excluding carboxylic acids is 2. The van der Waals surface area contributed by atoms with E-state index in [4.69, 9.17) is 5.14 Å². The van der Waals surface area contributed by atoms with Crippen molar-refractivity contribution in [2.24, 2.45) is 5.14 Å². The third kappa shape index (κ3) is 6.21. The van der Waals surface area contributed by atoms with E-state index in [1.807, 2.05) is 48.5 Å². The van der Waals surface area contributed by atoms with E-state index in [2.05, 4.69) is 25.3 Å². The number of rotatable bonds is 10. The zero-order chi connectivity index (χ0) is 24.8. The Labute approximate surface area is 202 Å². The molecule has 4 aromatic rings. The van der Waals surface area contributed by atoms with Gasteiger partial charge in [-0.1, -0.05) is 36.4 Å². The fourth-order valence-electron chi connectivity index (χ4n) is 3.88. The van der Waals surface area contributed by atoms with E-state index < -0.39 is 22.2 Å². The molecule has 2 amide bonds. The minimum atomic E-state index is -3.78. The summed E-state index contributed by atoms with van der Waals surface area (Å²) in [5.41, 5.74) is 2.42. The van der Waals surface area contributed by atoms with Gasteiger partial charge < -0.3 is 15.6 Å². The van der Waals surface area contributed by atoms with Crippen LogP contribution in [0.2, 0.25) is 0 Å². The van der Waals surface area contributed by atoms with E-state index in [9.17, 15) is 18.0 Å². The topological polar surface area (TPSA) is 159 Å². The summed E-state index contributed by atoms with van der Waals surface area (Å²) in [6, 6.07) is 15.7. The predicted octanol–water partition coefficient (Wildman–Crippen LogP) is 2.42. The smallest absolute Gasteiger partial charge is 0.274 e. The number of carbonyl (C=O) groups is 2. The molecular weight excluding hydrogens is 468 g/mol. The van der Waals surface area contributed by atoms with Crippen LogP contribution < -0.4 is 20.5 Å². The number of hydrogen-bond acceptors (Lipinski definition) is 5. The maximum atomic E-state index is 13.3. The van der Waals surface area contributed by atoms with Gasteiger partial charge in [0.1, 0.15) is 6.04 Å². The Hall–Kier alpha value is -3.80. The number of unbranched alkanes of at least 4 members (excludes halogenated alkanes) is 1. The molecule has 35 heavy (non-hydrogen) atoms. The summed E-state index contributed by atoms with van der Waals surface area (Å²) in [5, 5.41) is 12.3. The number of aromatic amines is 1. The molecule has 6 N–H and O–H groups in total. The number of aromatic nitrogens is 2. The molecule has 0 aliphatic heterocycles. The van der Waals surface area contributed by atoms with Crippen molar-refractivity contribution >= 4 is 49.5 Å². The Morgan fingerprint density at radius 3 is 2.66 bits per heavy atom. The summed E-state index contributed by atoms with van der Waals surface area (Å²) >= 11 is 0. The second-order valence-electron chi connectivity index (χ2n) is 8.08. The average molecular weight is 495 g/mol. The van der Waals surface area contributed by atoms with Crippen molar-refractivity contribution in [1.82, 2.24) is 20.0 Å². The first kappa shape index (κ1) is 24.3. The zero-order valence-electron chi connectivity index (χ0n) is 18.8. The lowest BCUT2D eigenvalue weighted by Crippen LogP contribution is -2.44. The predicted molar refractivity (Wildman–Crippen MR) is 135 cm³/mol. The molecule has 2 heterocycles. The number of pyridine rings is 1. The second-order valence-corrected chi connectivity index (χ2v) is 9.46. The fraction of sp³-hybridized carbons (Fsp3) is 0.208. The SMILES string of the molecule is NS(=O)(=O)NCCCCC(NC(=O)c1c[nH]c2ccccc12)C(=O)Nc1cccc2cccnc12. The van der Waals surface area contributed by atoms with Crippen LogP contribution in [0.4, 0.5) is 5.69 Å². The number of fused-ring (bicyclic) bond motifs is 2. The lowest BCUT2D eigenvalue weighted by atomic mass is 10.1. The minimum Gasteiger partial charge on any atom is -0.360 e. The standard InChI is InChI=1S/C24H26N6O4S/c25-35(33,34)28-14-4-3-11-21(30-23(31)18-15-27-19-10-2-1-9-17(18)19)24(32)29-20-12-5-7-16-8-6-13-26-22(16)20/h1-2,5-10,12-13,15,21,27-28H,3-4,11,14H2,(H,29,32)(H,30,31)(H2,25,33,34). The minimum absolute atomic E-state index is 0.136. The number of amides is 2. The van der Waals surface area contributed by atoms with Crippen LogP contribution in [-0.4, -0.2) is 42.8 Å². The van der Waals surface area contributed by atoms with Crippen LogP contribution in [0.3, 0.4) is 0 Å². The molecule has 1 atom stereocenters. The highest BCUT2D eigenvalue weighted by atomic mass is 32.2. The summed E-state index contributed by atoms with van der Waals surface area (Å²) in [6.45, 7) is 0.136. The van der Waals surface area contributed by atoms with Crippen molar-refractivity contribution in [2.75, 3.05) is 11.9 Å². The average Bonchev–Trinajstić information content (AvgIpc) is 3.27. The zero-order valence-corrected chi connectivity index (χ0v) is 19.6. The normalized spacial score (nSPS) is 12.5. The second kappa shape index (κ2) is 10.6. The van der Waals surface area contributed by atoms with Gasteiger partial charge >= 0.3 is 0 Å². The molecule has 0 fully saturated rings. The maximum absolute atomic E-state index is 13.3. The number of para-hydroxylation sites is 2. The van der Waals surface area contributed by atoms with Gasteiger partial charge in [-0.05, 0) is 37.5 Å². The molecule has 2 aromatic carbocycles. The number of nitrogens with two attached hydrogens (primary N) is 1. The molecule has 10 nitrogen and oxygen atoms in total. The van der Waals surface area contributed by atoms with Gasteiger partial charge in [0, 0.05) is 35.2 Å². The van der Waals surface area contributed by atoms with E-state index in [1.165, 1.54) is 0 Å². The van der Waals surface area contributed by atoms with Crippen LogP contribution in [0, 0.1) is 0 Å². The van der Waals surface area contributed by atoms with Gasteiger partial charge in [-0.15, -0.1) is 0 Å². The first-order chi connectivity index (χ1) is 16.8. The van der Waals surface area contributed by atoms with Crippen molar-refractivity contribution in [2.45, 2.75) is 25.3 Å². The maximum Gasteiger partial charge on any atom is 0.274 e. The van der Waals surface area contributed by atoms with Crippen molar-refractivity contribution in [3.05, 3.63) is 72.6 Å². The molecule has 0 spiro atoms. The molecule has 2 aromatic heterocycles.